The van der Waals surface area contributed by atoms with E-state index in [9.17, 15) is 9.18 Å². The minimum atomic E-state index is -0.392. The Hall–Kier alpha value is -1.58. The van der Waals surface area contributed by atoms with E-state index in [4.69, 9.17) is 4.74 Å². The Morgan fingerprint density at radius 2 is 2.00 bits per heavy atom. The van der Waals surface area contributed by atoms with Crippen LogP contribution in [-0.2, 0) is 0 Å². The smallest absolute Gasteiger partial charge is 0.257 e. The van der Waals surface area contributed by atoms with Gasteiger partial charge in [0.25, 0.3) is 5.91 Å². The van der Waals surface area contributed by atoms with E-state index < -0.39 is 5.82 Å². The van der Waals surface area contributed by atoms with E-state index in [2.05, 4.69) is 0 Å². The summed E-state index contributed by atoms with van der Waals surface area (Å²) in [5, 5.41) is 0. The molecular formula is C13H16FNO2. The minimum absolute atomic E-state index is 0.0680. The maximum Gasteiger partial charge on any atom is 0.257 e. The number of hydrogen-bond acceptors (Lipinski definition) is 2. The molecule has 1 heterocycles. The van der Waals surface area contributed by atoms with Crippen molar-refractivity contribution in [2.75, 3.05) is 20.2 Å². The SMILES string of the molecule is COc1cc(F)ccc1C(=O)N1CCCCC1. The topological polar surface area (TPSA) is 29.5 Å². The average Bonchev–Trinajstić information content (AvgIpc) is 2.39. The molecule has 0 aliphatic carbocycles. The monoisotopic (exact) mass is 237 g/mol. The summed E-state index contributed by atoms with van der Waals surface area (Å²) in [5.41, 5.74) is 0.441. The van der Waals surface area contributed by atoms with Gasteiger partial charge in [-0.2, -0.15) is 0 Å². The predicted molar refractivity (Wildman–Crippen MR) is 62.7 cm³/mol. The molecule has 1 fully saturated rings. The van der Waals surface area contributed by atoms with Crippen LogP contribution < -0.4 is 4.74 Å². The lowest BCUT2D eigenvalue weighted by Crippen LogP contribution is -2.35. The highest BCUT2D eigenvalue weighted by Crippen LogP contribution is 2.22. The molecule has 0 radical (unpaired) electrons. The zero-order valence-corrected chi connectivity index (χ0v) is 9.91. The van der Waals surface area contributed by atoms with Gasteiger partial charge in [0.2, 0.25) is 0 Å². The average molecular weight is 237 g/mol. The van der Waals surface area contributed by atoms with Crippen LogP contribution in [0.15, 0.2) is 18.2 Å². The summed E-state index contributed by atoms with van der Waals surface area (Å²) in [6.07, 6.45) is 3.24. The van der Waals surface area contributed by atoms with Crippen LogP contribution in [0.1, 0.15) is 29.6 Å². The molecule has 0 N–H and O–H groups in total. The first-order chi connectivity index (χ1) is 8.22. The first-order valence-electron chi connectivity index (χ1n) is 5.85. The molecule has 1 saturated heterocycles. The molecular weight excluding hydrogens is 221 g/mol. The second-order valence-corrected chi connectivity index (χ2v) is 4.20. The van der Waals surface area contributed by atoms with Crippen LogP contribution >= 0.6 is 0 Å². The highest BCUT2D eigenvalue weighted by molar-refractivity contribution is 5.97. The number of carbonyl (C=O) groups is 1. The molecule has 1 aromatic carbocycles. The van der Waals surface area contributed by atoms with Crippen LogP contribution in [-0.4, -0.2) is 31.0 Å². The van der Waals surface area contributed by atoms with Crippen molar-refractivity contribution in [1.82, 2.24) is 4.90 Å². The zero-order chi connectivity index (χ0) is 12.3. The number of hydrogen-bond donors (Lipinski definition) is 0. The number of ether oxygens (including phenoxy) is 1. The summed E-state index contributed by atoms with van der Waals surface area (Å²) in [4.78, 5) is 14.0. The van der Waals surface area contributed by atoms with Gasteiger partial charge in [-0.1, -0.05) is 0 Å². The molecule has 92 valence electrons. The molecule has 17 heavy (non-hydrogen) atoms. The van der Waals surface area contributed by atoms with Gasteiger partial charge in [-0.25, -0.2) is 4.39 Å². The molecule has 1 aromatic rings. The van der Waals surface area contributed by atoms with Crippen LogP contribution in [0.2, 0.25) is 0 Å². The highest BCUT2D eigenvalue weighted by atomic mass is 19.1. The van der Waals surface area contributed by atoms with Crippen molar-refractivity contribution >= 4 is 5.91 Å². The molecule has 0 spiro atoms. The molecule has 1 aliphatic heterocycles. The van der Waals surface area contributed by atoms with Crippen molar-refractivity contribution in [2.45, 2.75) is 19.3 Å². The third-order valence-corrected chi connectivity index (χ3v) is 3.04. The van der Waals surface area contributed by atoms with Crippen molar-refractivity contribution in [3.8, 4) is 5.75 Å². The summed E-state index contributed by atoms with van der Waals surface area (Å²) >= 11 is 0. The van der Waals surface area contributed by atoms with E-state index in [1.807, 2.05) is 0 Å². The Morgan fingerprint density at radius 1 is 1.29 bits per heavy atom. The fraction of sp³-hybridized carbons (Fsp3) is 0.462. The number of likely N-dealkylation sites (tertiary alicyclic amines) is 1. The maximum atomic E-state index is 13.0. The van der Waals surface area contributed by atoms with Crippen LogP contribution in [0.5, 0.6) is 5.75 Å². The predicted octanol–water partition coefficient (Wildman–Crippen LogP) is 2.46. The van der Waals surface area contributed by atoms with Gasteiger partial charge >= 0.3 is 0 Å². The Labute approximate surface area is 100 Å². The summed E-state index contributed by atoms with van der Waals surface area (Å²) in [6, 6.07) is 4.03. The lowest BCUT2D eigenvalue weighted by atomic mass is 10.1. The Balaban J connectivity index is 2.23. The summed E-state index contributed by atoms with van der Waals surface area (Å²) < 4.78 is 18.1. The normalized spacial score (nSPS) is 15.8. The second kappa shape index (κ2) is 5.17. The first kappa shape index (κ1) is 11.9. The van der Waals surface area contributed by atoms with Crippen molar-refractivity contribution < 1.29 is 13.9 Å². The molecule has 0 bridgehead atoms. The Morgan fingerprint density at radius 3 is 2.65 bits per heavy atom. The van der Waals surface area contributed by atoms with Gasteiger partial charge in [0.15, 0.2) is 0 Å². The third-order valence-electron chi connectivity index (χ3n) is 3.04. The van der Waals surface area contributed by atoms with Crippen molar-refractivity contribution in [2.24, 2.45) is 0 Å². The third kappa shape index (κ3) is 2.57. The molecule has 0 unspecified atom stereocenters. The largest absolute Gasteiger partial charge is 0.496 e. The highest BCUT2D eigenvalue weighted by Gasteiger charge is 2.21. The van der Waals surface area contributed by atoms with Gasteiger partial charge in [0.05, 0.1) is 12.7 Å². The Kier molecular flexibility index (Phi) is 3.61. The van der Waals surface area contributed by atoms with Crippen molar-refractivity contribution in [3.63, 3.8) is 0 Å². The lowest BCUT2D eigenvalue weighted by molar-refractivity contribution is 0.0721. The number of rotatable bonds is 2. The first-order valence-corrected chi connectivity index (χ1v) is 5.85. The van der Waals surface area contributed by atoms with E-state index >= 15 is 0 Å². The van der Waals surface area contributed by atoms with Crippen LogP contribution in [0.4, 0.5) is 4.39 Å². The number of amides is 1. The molecule has 3 nitrogen and oxygen atoms in total. The summed E-state index contributed by atoms with van der Waals surface area (Å²) in [5.74, 6) is -0.154. The van der Waals surface area contributed by atoms with Gasteiger partial charge < -0.3 is 9.64 Å². The number of carbonyl (C=O) groups excluding carboxylic acids is 1. The van der Waals surface area contributed by atoms with E-state index in [0.29, 0.717) is 11.3 Å². The van der Waals surface area contributed by atoms with Crippen LogP contribution in [0.3, 0.4) is 0 Å². The molecule has 2 rings (SSSR count). The number of methoxy groups -OCH3 is 1. The fourth-order valence-corrected chi connectivity index (χ4v) is 2.11. The number of piperidine rings is 1. The standard InChI is InChI=1S/C13H16FNO2/c1-17-12-9-10(14)5-6-11(12)13(16)15-7-3-2-4-8-15/h5-6,9H,2-4,7-8H2,1H3. The maximum absolute atomic E-state index is 13.0. The summed E-state index contributed by atoms with van der Waals surface area (Å²) in [7, 11) is 1.45. The van der Waals surface area contributed by atoms with E-state index in [1.165, 1.54) is 31.7 Å². The fourth-order valence-electron chi connectivity index (χ4n) is 2.11. The zero-order valence-electron chi connectivity index (χ0n) is 9.91. The van der Waals surface area contributed by atoms with Crippen LogP contribution in [0.25, 0.3) is 0 Å². The molecule has 0 atom stereocenters. The molecule has 0 aromatic heterocycles. The van der Waals surface area contributed by atoms with Crippen molar-refractivity contribution in [3.05, 3.63) is 29.6 Å². The molecule has 4 heteroatoms. The van der Waals surface area contributed by atoms with Gasteiger partial charge in [-0.3, -0.25) is 4.79 Å². The Bertz CT molecular complexity index is 414. The van der Waals surface area contributed by atoms with E-state index in [0.717, 1.165) is 25.9 Å². The van der Waals surface area contributed by atoms with E-state index in [-0.39, 0.29) is 5.91 Å². The second-order valence-electron chi connectivity index (χ2n) is 4.20. The minimum Gasteiger partial charge on any atom is -0.496 e. The molecule has 0 saturated carbocycles. The number of halogens is 1. The molecule has 1 aliphatic rings. The van der Waals surface area contributed by atoms with E-state index in [1.54, 1.807) is 4.90 Å². The lowest BCUT2D eigenvalue weighted by Gasteiger charge is -2.27. The van der Waals surface area contributed by atoms with Gasteiger partial charge in [-0.15, -0.1) is 0 Å². The van der Waals surface area contributed by atoms with Gasteiger partial charge in [-0.05, 0) is 31.4 Å². The van der Waals surface area contributed by atoms with Crippen LogP contribution in [0, 0.1) is 5.82 Å². The van der Waals surface area contributed by atoms with Gasteiger partial charge in [0.1, 0.15) is 11.6 Å². The molecule has 1 amide bonds. The quantitative estimate of drug-likeness (QED) is 0.790. The number of benzene rings is 1. The van der Waals surface area contributed by atoms with Gasteiger partial charge in [0, 0.05) is 19.2 Å². The summed E-state index contributed by atoms with van der Waals surface area (Å²) in [6.45, 7) is 1.55. The van der Waals surface area contributed by atoms with Crippen molar-refractivity contribution in [1.29, 1.82) is 0 Å². The number of nitrogens with zero attached hydrogens (tertiary/aromatic N) is 1.